The maximum Gasteiger partial charge on any atom is 0.293 e. The van der Waals surface area contributed by atoms with E-state index in [4.69, 9.17) is 21.3 Å². The quantitative estimate of drug-likeness (QED) is 0.129. The van der Waals surface area contributed by atoms with E-state index in [-0.39, 0.29) is 73.4 Å². The Labute approximate surface area is 356 Å². The Morgan fingerprint density at radius 1 is 1.05 bits per heavy atom. The van der Waals surface area contributed by atoms with Crippen molar-refractivity contribution in [2.45, 2.75) is 43.7 Å². The predicted octanol–water partition coefficient (Wildman–Crippen LogP) is 6.48. The van der Waals surface area contributed by atoms with E-state index in [1.165, 1.54) is 55.4 Å². The number of ether oxygens (including phenoxy) is 1. The van der Waals surface area contributed by atoms with Crippen LogP contribution in [-0.4, -0.2) is 66.8 Å². The number of amides is 1. The van der Waals surface area contributed by atoms with E-state index in [9.17, 15) is 30.8 Å². The number of nitrogens with one attached hydrogen (secondary N) is 2. The molecule has 2 aliphatic rings. The molecule has 2 aliphatic carbocycles. The zero-order valence-corrected chi connectivity index (χ0v) is 34.4. The summed E-state index contributed by atoms with van der Waals surface area (Å²) < 4.78 is 124. The van der Waals surface area contributed by atoms with Gasteiger partial charge < -0.3 is 10.1 Å². The molecule has 23 heteroatoms. The van der Waals surface area contributed by atoms with E-state index in [1.54, 1.807) is 6.07 Å². The van der Waals surface area contributed by atoms with Crippen molar-refractivity contribution in [3.63, 3.8) is 0 Å². The highest BCUT2D eigenvalue weighted by Gasteiger charge is 2.67. The largest absolute Gasteiger partial charge is 0.481 e. The van der Waals surface area contributed by atoms with Gasteiger partial charge in [0, 0.05) is 48.8 Å². The standard InChI is InChI=1S/C40H31ClF6N10O5S/c1-55-33-27(7-6-24(41)31(33)37(53-55)54-63(3,60)61)57-38(50-25-13-18(4-5-21(25)39(57)59)36-48-9-8-29(51-36)62-2)26(12-17-10-19(42)14-20(43)11-17)49-28(58)16-56-34-30(32(52-56)35(44)45)22-15-23(22)40(34,46)47/h4-11,13-14,22-23,26,35H,12,15-16H2,1-3H3,(H,49,58)(H,53,54)/t22?,23?,26-/m0/s1. The van der Waals surface area contributed by atoms with Crippen LogP contribution in [0.1, 0.15) is 53.1 Å². The smallest absolute Gasteiger partial charge is 0.293 e. The monoisotopic (exact) mass is 912 g/mol. The van der Waals surface area contributed by atoms with Gasteiger partial charge in [0.1, 0.15) is 35.4 Å². The second-order valence-electron chi connectivity index (χ2n) is 15.2. The Morgan fingerprint density at radius 2 is 1.79 bits per heavy atom. The Bertz CT molecular complexity index is 3210. The highest BCUT2D eigenvalue weighted by molar-refractivity contribution is 7.92. The summed E-state index contributed by atoms with van der Waals surface area (Å²) in [6.07, 6.45) is -1.38. The number of alkyl halides is 4. The molecule has 0 bridgehead atoms. The summed E-state index contributed by atoms with van der Waals surface area (Å²) in [6.45, 7) is -0.999. The molecule has 0 saturated heterocycles. The number of carbonyl (C=O) groups excluding carboxylic acids is 1. The zero-order chi connectivity index (χ0) is 44.9. The Balaban J connectivity index is 1.26. The van der Waals surface area contributed by atoms with E-state index in [0.29, 0.717) is 16.3 Å². The van der Waals surface area contributed by atoms with Crippen LogP contribution >= 0.6 is 11.6 Å². The molecule has 63 heavy (non-hydrogen) atoms. The third kappa shape index (κ3) is 7.39. The SMILES string of the molecule is COc1ccnc(-c2ccc3c(=O)n(-c4ccc(Cl)c5c(NS(C)(=O)=O)nn(C)c45)c([C@H](Cc4cc(F)cc(F)c4)NC(=O)Cn4nc(C(F)F)c5c4C(F)(F)C4CC54)nc3c2)n1. The summed E-state index contributed by atoms with van der Waals surface area (Å²) in [7, 11) is -1.07. The number of hydrogen-bond acceptors (Lipinski definition) is 10. The first-order chi connectivity index (χ1) is 29.8. The minimum Gasteiger partial charge on any atom is -0.481 e. The van der Waals surface area contributed by atoms with Crippen LogP contribution in [0.3, 0.4) is 0 Å². The summed E-state index contributed by atoms with van der Waals surface area (Å²) in [5.41, 5.74) is -2.32. The molecule has 2 unspecified atom stereocenters. The summed E-state index contributed by atoms with van der Waals surface area (Å²) in [5, 5.41) is 10.8. The van der Waals surface area contributed by atoms with Gasteiger partial charge in [0.05, 0.1) is 51.9 Å². The van der Waals surface area contributed by atoms with E-state index in [0.717, 1.165) is 23.0 Å². The van der Waals surface area contributed by atoms with E-state index < -0.39 is 87.7 Å². The number of fused-ring (bicyclic) bond motifs is 5. The maximum atomic E-state index is 15.5. The van der Waals surface area contributed by atoms with Gasteiger partial charge in [0.15, 0.2) is 11.6 Å². The Kier molecular flexibility index (Phi) is 9.99. The van der Waals surface area contributed by atoms with Crippen molar-refractivity contribution in [2.75, 3.05) is 18.1 Å². The molecular formula is C40H31ClF6N10O5S. The third-order valence-electron chi connectivity index (χ3n) is 10.9. The van der Waals surface area contributed by atoms with Crippen molar-refractivity contribution < 1.29 is 44.3 Å². The van der Waals surface area contributed by atoms with Crippen LogP contribution in [0.2, 0.25) is 5.02 Å². The lowest BCUT2D eigenvalue weighted by molar-refractivity contribution is -0.123. The highest BCUT2D eigenvalue weighted by Crippen LogP contribution is 2.68. The van der Waals surface area contributed by atoms with Crippen LogP contribution in [0.25, 0.3) is 38.9 Å². The number of aromatic nitrogens is 8. The summed E-state index contributed by atoms with van der Waals surface area (Å²) in [6, 6.07) is 9.74. The lowest BCUT2D eigenvalue weighted by Gasteiger charge is -2.24. The molecule has 1 amide bonds. The second-order valence-corrected chi connectivity index (χ2v) is 17.3. The Morgan fingerprint density at radius 3 is 2.49 bits per heavy atom. The third-order valence-corrected chi connectivity index (χ3v) is 11.8. The van der Waals surface area contributed by atoms with Crippen LogP contribution in [-0.2, 0) is 40.8 Å². The predicted molar refractivity (Wildman–Crippen MR) is 216 cm³/mol. The van der Waals surface area contributed by atoms with E-state index >= 15 is 13.6 Å². The van der Waals surface area contributed by atoms with Crippen LogP contribution in [0.4, 0.5) is 32.2 Å². The van der Waals surface area contributed by atoms with E-state index in [1.807, 2.05) is 0 Å². The molecule has 0 spiro atoms. The number of rotatable bonds is 12. The summed E-state index contributed by atoms with van der Waals surface area (Å²) >= 11 is 6.63. The lowest BCUT2D eigenvalue weighted by Crippen LogP contribution is -2.38. The van der Waals surface area contributed by atoms with Crippen molar-refractivity contribution in [3.8, 4) is 23.0 Å². The van der Waals surface area contributed by atoms with Crippen LogP contribution in [0, 0.1) is 17.6 Å². The van der Waals surface area contributed by atoms with Gasteiger partial charge in [-0.05, 0) is 54.3 Å². The molecule has 1 saturated carbocycles. The molecule has 326 valence electrons. The van der Waals surface area contributed by atoms with Gasteiger partial charge >= 0.3 is 0 Å². The van der Waals surface area contributed by atoms with Gasteiger partial charge in [0.2, 0.25) is 21.8 Å². The molecule has 3 atom stereocenters. The average Bonchev–Trinajstić information content (AvgIpc) is 3.75. The molecule has 4 heterocycles. The summed E-state index contributed by atoms with van der Waals surface area (Å²) in [5.74, 6) is -8.76. The van der Waals surface area contributed by atoms with Crippen molar-refractivity contribution in [1.29, 1.82) is 0 Å². The maximum absolute atomic E-state index is 15.5. The number of nitrogens with zero attached hydrogens (tertiary/aromatic N) is 8. The molecule has 2 N–H and O–H groups in total. The van der Waals surface area contributed by atoms with Gasteiger partial charge in [-0.15, -0.1) is 0 Å². The van der Waals surface area contributed by atoms with Crippen LogP contribution < -0.4 is 20.3 Å². The van der Waals surface area contributed by atoms with Crippen molar-refractivity contribution in [1.82, 2.24) is 44.4 Å². The fraction of sp³-hybridized carbons (Fsp3) is 0.275. The van der Waals surface area contributed by atoms with Crippen LogP contribution in [0.15, 0.2) is 65.6 Å². The molecule has 4 aromatic heterocycles. The van der Waals surface area contributed by atoms with Gasteiger partial charge in [-0.2, -0.15) is 24.0 Å². The number of carbonyl (C=O) groups is 1. The minimum atomic E-state index is -3.92. The number of methoxy groups -OCH3 is 1. The molecule has 1 fully saturated rings. The first kappa shape index (κ1) is 41.8. The normalized spacial score (nSPS) is 16.9. The number of hydrogen-bond donors (Lipinski definition) is 2. The molecule has 0 radical (unpaired) electrons. The number of benzene rings is 3. The number of aryl methyl sites for hydroxylation is 1. The lowest BCUT2D eigenvalue weighted by atomic mass is 10.0. The van der Waals surface area contributed by atoms with Crippen molar-refractivity contribution in [2.24, 2.45) is 13.0 Å². The summed E-state index contributed by atoms with van der Waals surface area (Å²) in [4.78, 5) is 42.6. The zero-order valence-electron chi connectivity index (χ0n) is 32.9. The first-order valence-corrected chi connectivity index (χ1v) is 21.2. The van der Waals surface area contributed by atoms with Crippen molar-refractivity contribution in [3.05, 3.63) is 116 Å². The van der Waals surface area contributed by atoms with E-state index in [2.05, 4.69) is 30.2 Å². The van der Waals surface area contributed by atoms with Crippen LogP contribution in [0.5, 0.6) is 5.88 Å². The van der Waals surface area contributed by atoms with Gasteiger partial charge in [-0.25, -0.2) is 35.9 Å². The molecular weight excluding hydrogens is 882 g/mol. The number of halogens is 7. The fourth-order valence-corrected chi connectivity index (χ4v) is 9.05. The van der Waals surface area contributed by atoms with Gasteiger partial charge in [-0.1, -0.05) is 17.7 Å². The number of anilines is 1. The van der Waals surface area contributed by atoms with Gasteiger partial charge in [0.25, 0.3) is 17.9 Å². The minimum absolute atomic E-state index is 0.000505. The van der Waals surface area contributed by atoms with Gasteiger partial charge in [-0.3, -0.25) is 28.2 Å². The molecule has 0 aliphatic heterocycles. The number of sulfonamides is 1. The Hall–Kier alpha value is -6.55. The second kappa shape index (κ2) is 15.1. The van der Waals surface area contributed by atoms with Crippen molar-refractivity contribution >= 4 is 55.2 Å². The highest BCUT2D eigenvalue weighted by atomic mass is 35.5. The topological polar surface area (TPSA) is 181 Å². The molecule has 9 rings (SSSR count). The molecule has 15 nitrogen and oxygen atoms in total. The average molecular weight is 913 g/mol. The first-order valence-electron chi connectivity index (χ1n) is 18.9. The molecule has 7 aromatic rings. The molecule has 3 aromatic carbocycles. The fourth-order valence-electron chi connectivity index (χ4n) is 8.31.